The van der Waals surface area contributed by atoms with Crippen molar-refractivity contribution in [2.24, 2.45) is 5.92 Å². The number of ether oxygens (including phenoxy) is 1. The summed E-state index contributed by atoms with van der Waals surface area (Å²) in [4.78, 5) is 17.7. The Morgan fingerprint density at radius 3 is 2.78 bits per heavy atom. The van der Waals surface area contributed by atoms with Gasteiger partial charge >= 0.3 is 0 Å². The smallest absolute Gasteiger partial charge is 0.257 e. The molecule has 3 aliphatic heterocycles. The highest BCUT2D eigenvalue weighted by molar-refractivity contribution is 5.97. The molecule has 2 bridgehead atoms. The van der Waals surface area contributed by atoms with E-state index in [1.165, 1.54) is 19.3 Å². The molecule has 0 radical (unpaired) electrons. The van der Waals surface area contributed by atoms with Gasteiger partial charge in [0.1, 0.15) is 5.75 Å². The van der Waals surface area contributed by atoms with Crippen molar-refractivity contribution in [3.63, 3.8) is 0 Å². The molecular formula is C19H28N2O2. The van der Waals surface area contributed by atoms with Crippen molar-refractivity contribution in [1.29, 1.82) is 0 Å². The van der Waals surface area contributed by atoms with Gasteiger partial charge in [-0.05, 0) is 50.8 Å². The molecule has 3 fully saturated rings. The van der Waals surface area contributed by atoms with Gasteiger partial charge in [0.15, 0.2) is 0 Å². The Morgan fingerprint density at radius 1 is 1.17 bits per heavy atom. The van der Waals surface area contributed by atoms with E-state index in [1.54, 1.807) is 0 Å². The van der Waals surface area contributed by atoms with Crippen LogP contribution in [-0.4, -0.2) is 54.5 Å². The maximum Gasteiger partial charge on any atom is 0.257 e. The van der Waals surface area contributed by atoms with Crippen LogP contribution < -0.4 is 4.74 Å². The average Bonchev–Trinajstić information content (AvgIpc) is 2.87. The van der Waals surface area contributed by atoms with Crippen molar-refractivity contribution < 1.29 is 9.53 Å². The van der Waals surface area contributed by atoms with Crippen LogP contribution in [0.3, 0.4) is 0 Å². The van der Waals surface area contributed by atoms with Gasteiger partial charge in [0.05, 0.1) is 12.2 Å². The molecule has 0 spiro atoms. The Kier molecular flexibility index (Phi) is 5.21. The number of hydrogen-bond acceptors (Lipinski definition) is 3. The van der Waals surface area contributed by atoms with E-state index >= 15 is 0 Å². The van der Waals surface area contributed by atoms with Crippen molar-refractivity contribution in [2.75, 3.05) is 32.8 Å². The lowest BCUT2D eigenvalue weighted by atomic mass is 9.95. The largest absolute Gasteiger partial charge is 0.493 e. The fourth-order valence-corrected chi connectivity index (χ4v) is 4.00. The number of benzene rings is 1. The van der Waals surface area contributed by atoms with Crippen molar-refractivity contribution in [3.05, 3.63) is 29.8 Å². The van der Waals surface area contributed by atoms with Crippen molar-refractivity contribution >= 4 is 5.91 Å². The molecule has 0 N–H and O–H groups in total. The summed E-state index contributed by atoms with van der Waals surface area (Å²) in [5.41, 5.74) is 0.706. The molecule has 4 rings (SSSR count). The molecular weight excluding hydrogens is 288 g/mol. The standard InChI is InChI=1S/C19H28N2O2/c1-3-11-20-12-15-9-10-16(20)14-21(13-15)19(22)17-7-5-6-8-18(17)23-4-2/h5-8,15-16H,3-4,9-14H2,1-2H3/t15-,16-/m0/s1. The summed E-state index contributed by atoms with van der Waals surface area (Å²) in [7, 11) is 0. The third-order valence-electron chi connectivity index (χ3n) is 5.04. The highest BCUT2D eigenvalue weighted by atomic mass is 16.5. The summed E-state index contributed by atoms with van der Waals surface area (Å²) in [6.45, 7) is 8.82. The van der Waals surface area contributed by atoms with Crippen LogP contribution in [0.5, 0.6) is 5.75 Å². The van der Waals surface area contributed by atoms with E-state index in [2.05, 4.69) is 16.7 Å². The predicted octanol–water partition coefficient (Wildman–Crippen LogP) is 3.03. The number of hydrogen-bond donors (Lipinski definition) is 0. The number of fused-ring (bicyclic) bond motifs is 4. The van der Waals surface area contributed by atoms with Gasteiger partial charge in [-0.1, -0.05) is 19.1 Å². The molecule has 1 aromatic carbocycles. The van der Waals surface area contributed by atoms with E-state index in [9.17, 15) is 4.79 Å². The van der Waals surface area contributed by atoms with Gasteiger partial charge < -0.3 is 9.64 Å². The molecule has 0 aromatic heterocycles. The van der Waals surface area contributed by atoms with E-state index in [4.69, 9.17) is 4.74 Å². The Hall–Kier alpha value is -1.55. The first-order valence-electron chi connectivity index (χ1n) is 8.98. The van der Waals surface area contributed by atoms with Crippen LogP contribution >= 0.6 is 0 Å². The van der Waals surface area contributed by atoms with Crippen LogP contribution in [0.4, 0.5) is 0 Å². The van der Waals surface area contributed by atoms with Crippen LogP contribution in [-0.2, 0) is 0 Å². The molecule has 1 aromatic rings. The van der Waals surface area contributed by atoms with Gasteiger partial charge in [-0.3, -0.25) is 9.69 Å². The first-order valence-corrected chi connectivity index (χ1v) is 8.98. The number of para-hydroxylation sites is 1. The highest BCUT2D eigenvalue weighted by Crippen LogP contribution is 2.30. The van der Waals surface area contributed by atoms with Crippen LogP contribution in [0.25, 0.3) is 0 Å². The Morgan fingerprint density at radius 2 is 2.00 bits per heavy atom. The molecule has 126 valence electrons. The first kappa shape index (κ1) is 16.3. The molecule has 1 amide bonds. The zero-order valence-electron chi connectivity index (χ0n) is 14.3. The number of nitrogens with zero attached hydrogens (tertiary/aromatic N) is 2. The normalized spacial score (nSPS) is 24.5. The lowest BCUT2D eigenvalue weighted by Crippen LogP contribution is -2.44. The van der Waals surface area contributed by atoms with E-state index < -0.39 is 0 Å². The first-order chi connectivity index (χ1) is 11.2. The third-order valence-corrected chi connectivity index (χ3v) is 5.04. The zero-order valence-corrected chi connectivity index (χ0v) is 14.3. The summed E-state index contributed by atoms with van der Waals surface area (Å²) in [5, 5.41) is 0. The summed E-state index contributed by atoms with van der Waals surface area (Å²) < 4.78 is 5.65. The number of piperidine rings is 1. The van der Waals surface area contributed by atoms with Gasteiger partial charge in [0.25, 0.3) is 5.91 Å². The Labute approximate surface area is 139 Å². The second-order valence-corrected chi connectivity index (χ2v) is 6.73. The number of rotatable bonds is 5. The second-order valence-electron chi connectivity index (χ2n) is 6.73. The third kappa shape index (κ3) is 3.52. The van der Waals surface area contributed by atoms with E-state index in [1.807, 2.05) is 31.2 Å². The van der Waals surface area contributed by atoms with Crippen LogP contribution in [0.15, 0.2) is 24.3 Å². The van der Waals surface area contributed by atoms with Crippen LogP contribution in [0, 0.1) is 5.92 Å². The van der Waals surface area contributed by atoms with Gasteiger partial charge in [-0.2, -0.15) is 0 Å². The molecule has 0 unspecified atom stereocenters. The van der Waals surface area contributed by atoms with Crippen molar-refractivity contribution in [3.8, 4) is 5.75 Å². The lowest BCUT2D eigenvalue weighted by molar-refractivity contribution is 0.0734. The van der Waals surface area contributed by atoms with E-state index in [0.717, 1.165) is 26.2 Å². The monoisotopic (exact) mass is 316 g/mol. The second kappa shape index (κ2) is 7.35. The maximum atomic E-state index is 13.1. The fraction of sp³-hybridized carbons (Fsp3) is 0.632. The minimum Gasteiger partial charge on any atom is -0.493 e. The number of carbonyl (C=O) groups is 1. The predicted molar refractivity (Wildman–Crippen MR) is 91.9 cm³/mol. The summed E-state index contributed by atoms with van der Waals surface area (Å²) in [6, 6.07) is 8.16. The van der Waals surface area contributed by atoms with Gasteiger partial charge in [0, 0.05) is 25.7 Å². The zero-order chi connectivity index (χ0) is 16.2. The molecule has 2 atom stereocenters. The average molecular weight is 316 g/mol. The van der Waals surface area contributed by atoms with Gasteiger partial charge in [-0.25, -0.2) is 0 Å². The van der Waals surface area contributed by atoms with Crippen molar-refractivity contribution in [2.45, 2.75) is 39.2 Å². The highest BCUT2D eigenvalue weighted by Gasteiger charge is 2.36. The SMILES string of the molecule is CCCN1C[C@@H]2CC[C@H]1CN(C(=O)c1ccccc1OCC)C2. The van der Waals surface area contributed by atoms with E-state index in [0.29, 0.717) is 29.9 Å². The maximum absolute atomic E-state index is 13.1. The van der Waals surface area contributed by atoms with Crippen LogP contribution in [0.1, 0.15) is 43.5 Å². The van der Waals surface area contributed by atoms with Gasteiger partial charge in [-0.15, -0.1) is 0 Å². The van der Waals surface area contributed by atoms with Crippen molar-refractivity contribution in [1.82, 2.24) is 9.80 Å². The Balaban J connectivity index is 1.78. The Bertz CT molecular complexity index is 546. The lowest BCUT2D eigenvalue weighted by Gasteiger charge is -2.35. The quantitative estimate of drug-likeness (QED) is 0.837. The molecule has 4 nitrogen and oxygen atoms in total. The minimum atomic E-state index is 0.129. The van der Waals surface area contributed by atoms with Crippen LogP contribution in [0.2, 0.25) is 0 Å². The molecule has 3 saturated heterocycles. The molecule has 0 saturated carbocycles. The number of carbonyl (C=O) groups excluding carboxylic acids is 1. The summed E-state index contributed by atoms with van der Waals surface area (Å²) >= 11 is 0. The van der Waals surface area contributed by atoms with E-state index in [-0.39, 0.29) is 5.91 Å². The topological polar surface area (TPSA) is 32.8 Å². The summed E-state index contributed by atoms with van der Waals surface area (Å²) in [6.07, 6.45) is 3.66. The molecule has 3 aliphatic rings. The summed E-state index contributed by atoms with van der Waals surface area (Å²) in [5.74, 6) is 1.45. The molecule has 4 heteroatoms. The molecule has 0 aliphatic carbocycles. The number of amides is 1. The molecule has 3 heterocycles. The minimum absolute atomic E-state index is 0.129. The molecule has 23 heavy (non-hydrogen) atoms. The fourth-order valence-electron chi connectivity index (χ4n) is 4.00. The van der Waals surface area contributed by atoms with Gasteiger partial charge in [0.2, 0.25) is 0 Å².